The Labute approximate surface area is 243 Å². The number of hydrogen-bond donors (Lipinski definition) is 5. The van der Waals surface area contributed by atoms with E-state index >= 15 is 8.78 Å². The molecular weight excluding hydrogens is 570 g/mol. The van der Waals surface area contributed by atoms with Gasteiger partial charge in [0.15, 0.2) is 11.5 Å². The zero-order valence-electron chi connectivity index (χ0n) is 23.0. The Bertz CT molecular complexity index is 1620. The normalized spacial score (nSPS) is 13.3. The van der Waals surface area contributed by atoms with Gasteiger partial charge in [0.2, 0.25) is 11.6 Å². The molecule has 1 aromatic heterocycles. The summed E-state index contributed by atoms with van der Waals surface area (Å²) in [6.45, 7) is 1.29. The zero-order chi connectivity index (χ0) is 31.4. The number of amidine groups is 2. The summed E-state index contributed by atoms with van der Waals surface area (Å²) in [5, 5.41) is 36.7. The summed E-state index contributed by atoms with van der Waals surface area (Å²) in [4.78, 5) is 34.0. The molecule has 0 saturated carbocycles. The number of rotatable bonds is 12. The van der Waals surface area contributed by atoms with Crippen molar-refractivity contribution in [2.45, 2.75) is 18.9 Å². The molecule has 43 heavy (non-hydrogen) atoms. The van der Waals surface area contributed by atoms with Crippen molar-refractivity contribution in [3.63, 3.8) is 0 Å². The van der Waals surface area contributed by atoms with Crippen LogP contribution in [0.25, 0.3) is 0 Å². The Hall–Kier alpha value is -5.47. The molecule has 0 radical (unpaired) electrons. The van der Waals surface area contributed by atoms with Gasteiger partial charge in [0.1, 0.15) is 29.1 Å². The van der Waals surface area contributed by atoms with Gasteiger partial charge in [0.25, 0.3) is 11.8 Å². The fraction of sp³-hybridized carbons (Fsp3) is 0.250. The maximum Gasteiger partial charge on any atom is 0.326 e. The van der Waals surface area contributed by atoms with Crippen molar-refractivity contribution >= 4 is 29.3 Å². The minimum Gasteiger partial charge on any atom is -0.504 e. The monoisotopic (exact) mass is 598 g/mol. The standard InChI is InChI=1S/C28H28F2N6O7/c1-35-11-10-33-25(35)15-4-3-5-16(12-15)42-26-21(29)23(36(2)17(28(40)41)7-9-20(38)39)22(30)27(34-26)43-19-13-14(24(31)32)6-8-18(19)37/h3-6,8,12-13,17,37H,7,9-11H2,1-2H3,(H3,31,32)(H,38,39)(H,40,41). The van der Waals surface area contributed by atoms with Gasteiger partial charge in [-0.25, -0.2) is 4.79 Å². The predicted molar refractivity (Wildman–Crippen MR) is 151 cm³/mol. The summed E-state index contributed by atoms with van der Waals surface area (Å²) in [6, 6.07) is 8.35. The van der Waals surface area contributed by atoms with Gasteiger partial charge in [-0.05, 0) is 36.8 Å². The van der Waals surface area contributed by atoms with Crippen LogP contribution in [-0.4, -0.2) is 82.0 Å². The number of nitrogens with one attached hydrogen (secondary N) is 1. The number of aromatic nitrogens is 1. The first-order chi connectivity index (χ1) is 20.4. The molecule has 0 aliphatic carbocycles. The minimum atomic E-state index is -1.67. The smallest absolute Gasteiger partial charge is 0.326 e. The highest BCUT2D eigenvalue weighted by Gasteiger charge is 2.33. The van der Waals surface area contributed by atoms with E-state index in [0.29, 0.717) is 29.4 Å². The third-order valence-corrected chi connectivity index (χ3v) is 6.57. The Morgan fingerprint density at radius 1 is 1.14 bits per heavy atom. The molecule has 0 saturated heterocycles. The number of anilines is 1. The van der Waals surface area contributed by atoms with E-state index in [-0.39, 0.29) is 17.1 Å². The van der Waals surface area contributed by atoms with Crippen LogP contribution in [0.4, 0.5) is 14.5 Å². The fourth-order valence-corrected chi connectivity index (χ4v) is 4.36. The second-order valence-corrected chi connectivity index (χ2v) is 9.55. The van der Waals surface area contributed by atoms with E-state index in [2.05, 4.69) is 9.98 Å². The van der Waals surface area contributed by atoms with Gasteiger partial charge < -0.3 is 40.3 Å². The number of likely N-dealkylation sites (N-methyl/N-ethyl adjacent to an activating group) is 2. The first-order valence-corrected chi connectivity index (χ1v) is 12.8. The number of phenolic OH excluding ortho intramolecular Hbond substituents is 1. The van der Waals surface area contributed by atoms with Crippen molar-refractivity contribution in [2.24, 2.45) is 10.7 Å². The summed E-state index contributed by atoms with van der Waals surface area (Å²) in [7, 11) is 2.92. The van der Waals surface area contributed by atoms with Crippen LogP contribution in [0, 0.1) is 17.0 Å². The number of ether oxygens (including phenoxy) is 2. The van der Waals surface area contributed by atoms with Gasteiger partial charge in [0.05, 0.1) is 6.54 Å². The second kappa shape index (κ2) is 12.6. The molecule has 1 aliphatic heterocycles. The van der Waals surface area contributed by atoms with Crippen molar-refractivity contribution in [2.75, 3.05) is 32.1 Å². The van der Waals surface area contributed by atoms with E-state index in [1.807, 2.05) is 11.9 Å². The molecule has 1 atom stereocenters. The topological polar surface area (TPSA) is 195 Å². The van der Waals surface area contributed by atoms with Crippen LogP contribution in [0.3, 0.4) is 0 Å². The number of aromatic hydroxyl groups is 1. The highest BCUT2D eigenvalue weighted by molar-refractivity contribution is 6.00. The SMILES string of the molecule is CN1CCN=C1c1cccc(Oc2nc(Oc3cc(C(=N)N)ccc3O)c(F)c(N(C)C(CCC(=O)O)C(=O)O)c2F)c1. The number of nitrogen functional groups attached to an aromatic ring is 1. The molecule has 13 nitrogen and oxygen atoms in total. The van der Waals surface area contributed by atoms with Gasteiger partial charge in [-0.2, -0.15) is 13.8 Å². The van der Waals surface area contributed by atoms with Crippen LogP contribution in [0.15, 0.2) is 47.5 Å². The molecule has 1 aliphatic rings. The molecule has 15 heteroatoms. The van der Waals surface area contributed by atoms with Gasteiger partial charge in [-0.3, -0.25) is 15.2 Å². The molecule has 2 aromatic carbocycles. The third-order valence-electron chi connectivity index (χ3n) is 6.57. The zero-order valence-corrected chi connectivity index (χ0v) is 23.0. The Morgan fingerprint density at radius 2 is 1.84 bits per heavy atom. The number of aliphatic imine (C=N–C) groups is 1. The maximum absolute atomic E-state index is 16.0. The number of nitrogens with zero attached hydrogens (tertiary/aromatic N) is 4. The lowest BCUT2D eigenvalue weighted by Crippen LogP contribution is -2.40. The van der Waals surface area contributed by atoms with E-state index in [4.69, 9.17) is 25.7 Å². The Kier molecular flexibility index (Phi) is 8.92. The lowest BCUT2D eigenvalue weighted by Gasteiger charge is -2.28. The number of hydrogen-bond acceptors (Lipinski definition) is 10. The first-order valence-electron chi connectivity index (χ1n) is 12.8. The van der Waals surface area contributed by atoms with Crippen LogP contribution in [-0.2, 0) is 9.59 Å². The van der Waals surface area contributed by atoms with Crippen LogP contribution in [0.1, 0.15) is 24.0 Å². The van der Waals surface area contributed by atoms with E-state index in [1.165, 1.54) is 12.1 Å². The molecule has 226 valence electrons. The van der Waals surface area contributed by atoms with Crippen molar-refractivity contribution in [1.82, 2.24) is 9.88 Å². The summed E-state index contributed by atoms with van der Waals surface area (Å²) in [5.74, 6) is -7.93. The highest BCUT2D eigenvalue weighted by Crippen LogP contribution is 2.40. The summed E-state index contributed by atoms with van der Waals surface area (Å²) in [6.07, 6.45) is -1.09. The van der Waals surface area contributed by atoms with Crippen molar-refractivity contribution in [3.05, 3.63) is 65.2 Å². The molecule has 1 unspecified atom stereocenters. The first kappa shape index (κ1) is 30.5. The molecule has 0 fully saturated rings. The molecule has 4 rings (SSSR count). The lowest BCUT2D eigenvalue weighted by molar-refractivity contribution is -0.139. The van der Waals surface area contributed by atoms with Crippen LogP contribution in [0.5, 0.6) is 29.0 Å². The fourth-order valence-electron chi connectivity index (χ4n) is 4.36. The van der Waals surface area contributed by atoms with Gasteiger partial charge in [-0.1, -0.05) is 12.1 Å². The Balaban J connectivity index is 1.82. The second-order valence-electron chi connectivity index (χ2n) is 9.55. The quantitative estimate of drug-likeness (QED) is 0.151. The largest absolute Gasteiger partial charge is 0.504 e. The molecule has 0 bridgehead atoms. The van der Waals surface area contributed by atoms with Crippen LogP contribution in [0.2, 0.25) is 0 Å². The average Bonchev–Trinajstić information content (AvgIpc) is 3.38. The molecule has 0 spiro atoms. The summed E-state index contributed by atoms with van der Waals surface area (Å²) < 4.78 is 43.1. The number of halogens is 2. The summed E-state index contributed by atoms with van der Waals surface area (Å²) in [5.41, 5.74) is 5.33. The van der Waals surface area contributed by atoms with Gasteiger partial charge in [0, 0.05) is 38.2 Å². The molecule has 3 aromatic rings. The predicted octanol–water partition coefficient (Wildman–Crippen LogP) is 3.38. The van der Waals surface area contributed by atoms with E-state index in [1.54, 1.807) is 18.2 Å². The Morgan fingerprint density at radius 3 is 2.44 bits per heavy atom. The number of nitrogens with two attached hydrogens (primary N) is 1. The van der Waals surface area contributed by atoms with Crippen LogP contribution < -0.4 is 20.1 Å². The van der Waals surface area contributed by atoms with Crippen molar-refractivity contribution in [3.8, 4) is 29.0 Å². The van der Waals surface area contributed by atoms with Gasteiger partial charge in [-0.15, -0.1) is 0 Å². The van der Waals surface area contributed by atoms with E-state index < -0.39 is 71.4 Å². The molecule has 6 N–H and O–H groups in total. The van der Waals surface area contributed by atoms with E-state index in [9.17, 15) is 19.8 Å². The molecule has 2 heterocycles. The number of phenols is 1. The molecule has 0 amide bonds. The number of carboxylic acid groups (broad SMARTS) is 2. The number of carboxylic acids is 2. The van der Waals surface area contributed by atoms with Crippen molar-refractivity contribution in [1.29, 1.82) is 5.41 Å². The third kappa shape index (κ3) is 6.72. The number of pyridine rings is 1. The lowest BCUT2D eigenvalue weighted by atomic mass is 10.1. The van der Waals surface area contributed by atoms with Gasteiger partial charge >= 0.3 is 11.9 Å². The van der Waals surface area contributed by atoms with Crippen LogP contribution >= 0.6 is 0 Å². The maximum atomic E-state index is 16.0. The van der Waals surface area contributed by atoms with Crippen molar-refractivity contribution < 1.29 is 43.2 Å². The van der Waals surface area contributed by atoms with E-state index in [0.717, 1.165) is 19.2 Å². The summed E-state index contributed by atoms with van der Waals surface area (Å²) >= 11 is 0. The average molecular weight is 599 g/mol. The number of benzene rings is 2. The molecular formula is C28H28F2N6O7. The number of aliphatic carboxylic acids is 2. The highest BCUT2D eigenvalue weighted by atomic mass is 19.1. The number of carbonyl (C=O) groups is 2. The minimum absolute atomic E-state index is 0.0835.